The van der Waals surface area contributed by atoms with Gasteiger partial charge in [-0.25, -0.2) is 8.78 Å². The van der Waals surface area contributed by atoms with Crippen molar-refractivity contribution < 1.29 is 28.3 Å². The molecule has 2 saturated heterocycles. The molecule has 2 N–H and O–H groups in total. The molecule has 2 aromatic carbocycles. The van der Waals surface area contributed by atoms with Crippen LogP contribution in [0.25, 0.3) is 0 Å². The average molecular weight is 484 g/mol. The predicted molar refractivity (Wildman–Crippen MR) is 122 cm³/mol. The highest BCUT2D eigenvalue weighted by Gasteiger charge is 2.45. The summed E-state index contributed by atoms with van der Waals surface area (Å²) in [6.07, 6.45) is 0.492. The number of carbonyl (C=O) groups excluding carboxylic acids is 3. The van der Waals surface area contributed by atoms with Crippen LogP contribution in [0.3, 0.4) is 0 Å². The maximum Gasteiger partial charge on any atom is 0.255 e. The zero-order valence-electron chi connectivity index (χ0n) is 19.4. The van der Waals surface area contributed by atoms with Crippen LogP contribution in [0, 0.1) is 18.6 Å². The van der Waals surface area contributed by atoms with E-state index in [1.54, 1.807) is 0 Å². The standard InChI is InChI=1S/C26H27F2N3O4/c1-15-2-4-16(5-3-15)13-30-10-8-26(35,9-11-30)22-19(27)12-17-18(23(22)28)14-31(25(17)34)20-6-7-21(32)29-24(20)33/h2-5,12,20,35H,6-11,13-14H2,1H3,(H,29,32,33). The van der Waals surface area contributed by atoms with Gasteiger partial charge in [-0.15, -0.1) is 0 Å². The number of hydrogen-bond acceptors (Lipinski definition) is 5. The van der Waals surface area contributed by atoms with Gasteiger partial charge in [0.05, 0.1) is 23.3 Å². The lowest BCUT2D eigenvalue weighted by Gasteiger charge is -2.39. The monoisotopic (exact) mass is 483 g/mol. The lowest BCUT2D eigenvalue weighted by atomic mass is 9.82. The molecule has 2 aromatic rings. The van der Waals surface area contributed by atoms with Crippen molar-refractivity contribution in [2.45, 2.75) is 57.3 Å². The van der Waals surface area contributed by atoms with Crippen LogP contribution in [-0.2, 0) is 28.3 Å². The van der Waals surface area contributed by atoms with Gasteiger partial charge in [0.25, 0.3) is 5.91 Å². The molecule has 1 atom stereocenters. The van der Waals surface area contributed by atoms with E-state index in [0.29, 0.717) is 19.6 Å². The lowest BCUT2D eigenvalue weighted by molar-refractivity contribution is -0.136. The second kappa shape index (κ2) is 8.80. The van der Waals surface area contributed by atoms with Crippen LogP contribution in [0.5, 0.6) is 0 Å². The SMILES string of the molecule is Cc1ccc(CN2CCC(O)(c3c(F)cc4c(c3F)CN(C3CCC(=O)NC3=O)C4=O)CC2)cc1. The number of nitrogens with zero attached hydrogens (tertiary/aromatic N) is 2. The van der Waals surface area contributed by atoms with Crippen molar-refractivity contribution in [1.82, 2.24) is 15.1 Å². The molecule has 3 amide bonds. The van der Waals surface area contributed by atoms with Gasteiger partial charge in [-0.3, -0.25) is 24.6 Å². The summed E-state index contributed by atoms with van der Waals surface area (Å²) in [5.41, 5.74) is 0.0181. The summed E-state index contributed by atoms with van der Waals surface area (Å²) in [6.45, 7) is 3.40. The van der Waals surface area contributed by atoms with E-state index in [1.165, 1.54) is 10.5 Å². The van der Waals surface area contributed by atoms with E-state index in [-0.39, 0.29) is 43.4 Å². The smallest absolute Gasteiger partial charge is 0.255 e. The van der Waals surface area contributed by atoms with Crippen LogP contribution in [0.15, 0.2) is 30.3 Å². The van der Waals surface area contributed by atoms with E-state index in [4.69, 9.17) is 0 Å². The van der Waals surface area contributed by atoms with Crippen molar-refractivity contribution in [1.29, 1.82) is 0 Å². The Kier molecular flexibility index (Phi) is 5.93. The zero-order chi connectivity index (χ0) is 24.9. The van der Waals surface area contributed by atoms with Crippen molar-refractivity contribution in [3.63, 3.8) is 0 Å². The van der Waals surface area contributed by atoms with Gasteiger partial charge >= 0.3 is 0 Å². The van der Waals surface area contributed by atoms with Crippen molar-refractivity contribution in [3.05, 3.63) is 69.8 Å². The number of carbonyl (C=O) groups is 3. The number of likely N-dealkylation sites (tertiary alicyclic amines) is 1. The molecule has 35 heavy (non-hydrogen) atoms. The number of imide groups is 1. The fraction of sp³-hybridized carbons (Fsp3) is 0.423. The van der Waals surface area contributed by atoms with Gasteiger partial charge in [0.15, 0.2) is 0 Å². The number of benzene rings is 2. The van der Waals surface area contributed by atoms with Crippen LogP contribution in [-0.4, -0.2) is 51.8 Å². The number of aliphatic hydroxyl groups is 1. The number of hydrogen-bond donors (Lipinski definition) is 2. The van der Waals surface area contributed by atoms with Gasteiger partial charge in [-0.05, 0) is 37.8 Å². The number of rotatable bonds is 4. The van der Waals surface area contributed by atoms with E-state index in [2.05, 4.69) is 10.2 Å². The molecule has 0 radical (unpaired) electrons. The molecule has 3 aliphatic rings. The lowest BCUT2D eigenvalue weighted by Crippen LogP contribution is -2.52. The Morgan fingerprint density at radius 2 is 1.80 bits per heavy atom. The Labute approximate surface area is 201 Å². The third-order valence-corrected chi connectivity index (χ3v) is 7.40. The van der Waals surface area contributed by atoms with Crippen LogP contribution < -0.4 is 5.32 Å². The quantitative estimate of drug-likeness (QED) is 0.653. The fourth-order valence-electron chi connectivity index (χ4n) is 5.34. The van der Waals surface area contributed by atoms with Crippen LogP contribution in [0.1, 0.15) is 58.3 Å². The molecule has 0 aliphatic carbocycles. The first-order valence-electron chi connectivity index (χ1n) is 11.8. The van der Waals surface area contributed by atoms with E-state index in [9.17, 15) is 19.5 Å². The van der Waals surface area contributed by atoms with Gasteiger partial charge in [-0.2, -0.15) is 0 Å². The summed E-state index contributed by atoms with van der Waals surface area (Å²) in [5.74, 6) is -3.60. The minimum absolute atomic E-state index is 0.0217. The summed E-state index contributed by atoms with van der Waals surface area (Å²) in [4.78, 5) is 39.9. The highest BCUT2D eigenvalue weighted by Crippen LogP contribution is 2.40. The number of halogens is 2. The summed E-state index contributed by atoms with van der Waals surface area (Å²) in [6, 6.07) is 8.20. The predicted octanol–water partition coefficient (Wildman–Crippen LogP) is 2.52. The largest absolute Gasteiger partial charge is 0.385 e. The second-order valence-electron chi connectivity index (χ2n) is 9.77. The second-order valence-corrected chi connectivity index (χ2v) is 9.77. The first kappa shape index (κ1) is 23.6. The first-order chi connectivity index (χ1) is 16.7. The van der Waals surface area contributed by atoms with E-state index >= 15 is 8.78 Å². The number of amides is 3. The maximum absolute atomic E-state index is 15.7. The number of aryl methyl sites for hydroxylation is 1. The molecule has 3 aliphatic heterocycles. The Morgan fingerprint density at radius 3 is 2.46 bits per heavy atom. The zero-order valence-corrected chi connectivity index (χ0v) is 19.4. The van der Waals surface area contributed by atoms with Crippen LogP contribution in [0.4, 0.5) is 8.78 Å². The van der Waals surface area contributed by atoms with Gasteiger partial charge in [0.1, 0.15) is 17.7 Å². The van der Waals surface area contributed by atoms with E-state index in [1.807, 2.05) is 31.2 Å². The van der Waals surface area contributed by atoms with Gasteiger partial charge < -0.3 is 10.0 Å². The molecule has 0 aromatic heterocycles. The number of fused-ring (bicyclic) bond motifs is 1. The summed E-state index contributed by atoms with van der Waals surface area (Å²) >= 11 is 0. The topological polar surface area (TPSA) is 89.9 Å². The van der Waals surface area contributed by atoms with Crippen molar-refractivity contribution in [3.8, 4) is 0 Å². The molecular formula is C26H27F2N3O4. The fourth-order valence-corrected chi connectivity index (χ4v) is 5.34. The minimum atomic E-state index is -1.70. The summed E-state index contributed by atoms with van der Waals surface area (Å²) < 4.78 is 30.9. The van der Waals surface area contributed by atoms with Gasteiger partial charge in [-0.1, -0.05) is 29.8 Å². The molecule has 0 bridgehead atoms. The molecule has 184 valence electrons. The molecule has 9 heteroatoms. The Hall–Kier alpha value is -3.17. The van der Waals surface area contributed by atoms with Crippen molar-refractivity contribution in [2.24, 2.45) is 0 Å². The van der Waals surface area contributed by atoms with Crippen LogP contribution >= 0.6 is 0 Å². The minimum Gasteiger partial charge on any atom is -0.385 e. The molecule has 2 fully saturated rings. The Balaban J connectivity index is 1.35. The molecule has 7 nitrogen and oxygen atoms in total. The molecule has 0 saturated carbocycles. The van der Waals surface area contributed by atoms with E-state index < -0.39 is 46.6 Å². The number of piperidine rings is 2. The number of nitrogens with one attached hydrogen (secondary N) is 1. The normalized spacial score (nSPS) is 22.3. The highest BCUT2D eigenvalue weighted by molar-refractivity contribution is 6.05. The first-order valence-corrected chi connectivity index (χ1v) is 11.8. The maximum atomic E-state index is 15.7. The molecule has 1 unspecified atom stereocenters. The van der Waals surface area contributed by atoms with E-state index in [0.717, 1.165) is 11.6 Å². The van der Waals surface area contributed by atoms with Crippen molar-refractivity contribution >= 4 is 17.7 Å². The van der Waals surface area contributed by atoms with Gasteiger partial charge in [0, 0.05) is 31.6 Å². The summed E-state index contributed by atoms with van der Waals surface area (Å²) in [5, 5.41) is 13.5. The average Bonchev–Trinajstić information content (AvgIpc) is 3.13. The highest BCUT2D eigenvalue weighted by atomic mass is 19.1. The Morgan fingerprint density at radius 1 is 1.11 bits per heavy atom. The third kappa shape index (κ3) is 4.23. The summed E-state index contributed by atoms with van der Waals surface area (Å²) in [7, 11) is 0. The van der Waals surface area contributed by atoms with Gasteiger partial charge in [0.2, 0.25) is 11.8 Å². The molecule has 0 spiro atoms. The molecule has 5 rings (SSSR count). The molecular weight excluding hydrogens is 456 g/mol. The Bertz CT molecular complexity index is 1210. The van der Waals surface area contributed by atoms with Crippen molar-refractivity contribution in [2.75, 3.05) is 13.1 Å². The third-order valence-electron chi connectivity index (χ3n) is 7.40. The molecule has 3 heterocycles. The van der Waals surface area contributed by atoms with Crippen LogP contribution in [0.2, 0.25) is 0 Å².